The Bertz CT molecular complexity index is 421. The Balaban J connectivity index is 2.05. The van der Waals surface area contributed by atoms with Crippen LogP contribution in [0.1, 0.15) is 38.2 Å². The van der Waals surface area contributed by atoms with E-state index in [1.165, 1.54) is 12.5 Å². The second-order valence-electron chi connectivity index (χ2n) is 5.41. The van der Waals surface area contributed by atoms with Gasteiger partial charge in [-0.15, -0.1) is 0 Å². The molecule has 0 bridgehead atoms. The molecule has 4 heteroatoms. The molecule has 0 aromatic heterocycles. The van der Waals surface area contributed by atoms with Crippen LogP contribution in [0.2, 0.25) is 0 Å². The highest BCUT2D eigenvalue weighted by atomic mass is 79.9. The molecule has 0 spiro atoms. The lowest BCUT2D eigenvalue weighted by Gasteiger charge is -2.31. The van der Waals surface area contributed by atoms with Gasteiger partial charge in [0.2, 0.25) is 0 Å². The number of hydrogen-bond donors (Lipinski definition) is 1. The normalized spacial score (nSPS) is 20.9. The lowest BCUT2D eigenvalue weighted by atomic mass is 9.95. The van der Waals surface area contributed by atoms with E-state index in [1.807, 2.05) is 12.1 Å². The highest BCUT2D eigenvalue weighted by Gasteiger charge is 2.25. The molecule has 1 fully saturated rings. The Morgan fingerprint density at radius 2 is 2.30 bits per heavy atom. The van der Waals surface area contributed by atoms with Gasteiger partial charge in [-0.1, -0.05) is 28.9 Å². The third-order valence-corrected chi connectivity index (χ3v) is 4.27. The molecule has 1 saturated heterocycles. The summed E-state index contributed by atoms with van der Waals surface area (Å²) in [5, 5.41) is 3.53. The second kappa shape index (κ2) is 8.11. The molecule has 0 amide bonds. The minimum atomic E-state index is -0.140. The van der Waals surface area contributed by atoms with Gasteiger partial charge in [-0.2, -0.15) is 0 Å². The number of nitrogens with one attached hydrogen (secondary N) is 1. The van der Waals surface area contributed by atoms with Crippen LogP contribution in [0.25, 0.3) is 0 Å². The maximum absolute atomic E-state index is 14.0. The van der Waals surface area contributed by atoms with Gasteiger partial charge < -0.3 is 10.1 Å². The Morgan fingerprint density at radius 3 is 2.95 bits per heavy atom. The highest BCUT2D eigenvalue weighted by molar-refractivity contribution is 9.10. The summed E-state index contributed by atoms with van der Waals surface area (Å²) in [5.74, 6) is -0.140. The van der Waals surface area contributed by atoms with Crippen molar-refractivity contribution in [3.8, 4) is 0 Å². The van der Waals surface area contributed by atoms with Gasteiger partial charge in [-0.3, -0.25) is 0 Å². The summed E-state index contributed by atoms with van der Waals surface area (Å²) in [6, 6.07) is 5.50. The van der Waals surface area contributed by atoms with Crippen molar-refractivity contribution in [2.24, 2.45) is 0 Å². The van der Waals surface area contributed by atoms with E-state index in [0.29, 0.717) is 6.42 Å². The summed E-state index contributed by atoms with van der Waals surface area (Å²) in [7, 11) is 0. The smallest absolute Gasteiger partial charge is 0.127 e. The molecule has 0 saturated carbocycles. The van der Waals surface area contributed by atoms with E-state index < -0.39 is 0 Å². The molecule has 1 aliphatic heterocycles. The predicted molar refractivity (Wildman–Crippen MR) is 83.5 cm³/mol. The molecule has 2 rings (SSSR count). The minimum Gasteiger partial charge on any atom is -0.377 e. The standard InChI is InChI=1S/C16H23BrFNO/c1-2-8-19-15(16-5-3-4-9-20-16)10-12-6-7-13(17)11-14(12)18/h6-7,11,15-16,19H,2-5,8-10H2,1H3. The van der Waals surface area contributed by atoms with Crippen LogP contribution in [0.15, 0.2) is 22.7 Å². The van der Waals surface area contributed by atoms with Gasteiger partial charge in [0, 0.05) is 17.1 Å². The van der Waals surface area contributed by atoms with Gasteiger partial charge in [0.05, 0.1) is 6.10 Å². The van der Waals surface area contributed by atoms with Gasteiger partial charge >= 0.3 is 0 Å². The first-order chi connectivity index (χ1) is 9.70. The van der Waals surface area contributed by atoms with Crippen molar-refractivity contribution >= 4 is 15.9 Å². The maximum Gasteiger partial charge on any atom is 0.127 e. The van der Waals surface area contributed by atoms with Gasteiger partial charge in [-0.25, -0.2) is 4.39 Å². The highest BCUT2D eigenvalue weighted by Crippen LogP contribution is 2.21. The topological polar surface area (TPSA) is 21.3 Å². The van der Waals surface area contributed by atoms with Crippen molar-refractivity contribution in [3.63, 3.8) is 0 Å². The molecule has 20 heavy (non-hydrogen) atoms. The first kappa shape index (κ1) is 15.9. The van der Waals surface area contributed by atoms with E-state index in [-0.39, 0.29) is 18.0 Å². The quantitative estimate of drug-likeness (QED) is 0.840. The van der Waals surface area contributed by atoms with Crippen molar-refractivity contribution in [2.45, 2.75) is 51.2 Å². The van der Waals surface area contributed by atoms with Crippen molar-refractivity contribution in [3.05, 3.63) is 34.1 Å². The van der Waals surface area contributed by atoms with Crippen molar-refractivity contribution in [1.29, 1.82) is 0 Å². The van der Waals surface area contributed by atoms with E-state index in [1.54, 1.807) is 0 Å². The van der Waals surface area contributed by atoms with Gasteiger partial charge in [0.25, 0.3) is 0 Å². The SMILES string of the molecule is CCCNC(Cc1ccc(Br)cc1F)C1CCCCO1. The summed E-state index contributed by atoms with van der Waals surface area (Å²) >= 11 is 3.30. The predicted octanol–water partition coefficient (Wildman–Crippen LogP) is 4.07. The zero-order valence-electron chi connectivity index (χ0n) is 12.0. The van der Waals surface area contributed by atoms with Crippen molar-refractivity contribution in [1.82, 2.24) is 5.32 Å². The van der Waals surface area contributed by atoms with E-state index in [4.69, 9.17) is 4.74 Å². The van der Waals surface area contributed by atoms with Crippen LogP contribution in [-0.4, -0.2) is 25.3 Å². The Morgan fingerprint density at radius 1 is 1.45 bits per heavy atom. The number of rotatable bonds is 6. The molecule has 2 atom stereocenters. The molecule has 112 valence electrons. The fraction of sp³-hybridized carbons (Fsp3) is 0.625. The lowest BCUT2D eigenvalue weighted by Crippen LogP contribution is -2.44. The maximum atomic E-state index is 14.0. The zero-order chi connectivity index (χ0) is 14.4. The Hall–Kier alpha value is -0.450. The molecule has 1 heterocycles. The van der Waals surface area contributed by atoms with Crippen LogP contribution in [0.4, 0.5) is 4.39 Å². The van der Waals surface area contributed by atoms with Crippen LogP contribution in [0.3, 0.4) is 0 Å². The molecule has 1 aromatic rings. The third kappa shape index (κ3) is 4.54. The lowest BCUT2D eigenvalue weighted by molar-refractivity contribution is -0.00751. The largest absolute Gasteiger partial charge is 0.377 e. The molecular weight excluding hydrogens is 321 g/mol. The summed E-state index contributed by atoms with van der Waals surface area (Å²) in [6.07, 6.45) is 5.38. The summed E-state index contributed by atoms with van der Waals surface area (Å²) < 4.78 is 20.7. The van der Waals surface area contributed by atoms with Crippen LogP contribution >= 0.6 is 15.9 Å². The molecule has 1 aliphatic rings. The Labute approximate surface area is 129 Å². The van der Waals surface area contributed by atoms with Gasteiger partial charge in [-0.05, 0) is 56.3 Å². The van der Waals surface area contributed by atoms with Gasteiger partial charge in [0.1, 0.15) is 5.82 Å². The fourth-order valence-electron chi connectivity index (χ4n) is 2.67. The molecule has 2 nitrogen and oxygen atoms in total. The van der Waals surface area contributed by atoms with Crippen LogP contribution in [0.5, 0.6) is 0 Å². The Kier molecular flexibility index (Phi) is 6.46. The van der Waals surface area contributed by atoms with E-state index in [9.17, 15) is 4.39 Å². The van der Waals surface area contributed by atoms with E-state index in [0.717, 1.165) is 42.5 Å². The monoisotopic (exact) mass is 343 g/mol. The van der Waals surface area contributed by atoms with Crippen molar-refractivity contribution in [2.75, 3.05) is 13.2 Å². The second-order valence-corrected chi connectivity index (χ2v) is 6.32. The van der Waals surface area contributed by atoms with Crippen LogP contribution in [0, 0.1) is 5.82 Å². The molecule has 0 radical (unpaired) electrons. The van der Waals surface area contributed by atoms with Crippen LogP contribution in [-0.2, 0) is 11.2 Å². The first-order valence-corrected chi connectivity index (χ1v) is 8.29. The van der Waals surface area contributed by atoms with Crippen LogP contribution < -0.4 is 5.32 Å². The summed E-state index contributed by atoms with van der Waals surface area (Å²) in [6.45, 7) is 3.92. The fourth-order valence-corrected chi connectivity index (χ4v) is 3.01. The third-order valence-electron chi connectivity index (χ3n) is 3.78. The molecule has 1 N–H and O–H groups in total. The van der Waals surface area contributed by atoms with E-state index in [2.05, 4.69) is 28.2 Å². The summed E-state index contributed by atoms with van der Waals surface area (Å²) in [4.78, 5) is 0. The minimum absolute atomic E-state index is 0.140. The number of hydrogen-bond acceptors (Lipinski definition) is 2. The first-order valence-electron chi connectivity index (χ1n) is 7.49. The molecule has 2 unspecified atom stereocenters. The molecule has 1 aromatic carbocycles. The number of benzene rings is 1. The number of halogens is 2. The van der Waals surface area contributed by atoms with E-state index >= 15 is 0 Å². The molecule has 0 aliphatic carbocycles. The average molecular weight is 344 g/mol. The summed E-state index contributed by atoms with van der Waals surface area (Å²) in [5.41, 5.74) is 0.760. The number of ether oxygens (including phenoxy) is 1. The average Bonchev–Trinajstić information content (AvgIpc) is 2.46. The van der Waals surface area contributed by atoms with Gasteiger partial charge in [0.15, 0.2) is 0 Å². The zero-order valence-corrected chi connectivity index (χ0v) is 13.6. The molecular formula is C16H23BrFNO. The van der Waals surface area contributed by atoms with Crippen molar-refractivity contribution < 1.29 is 9.13 Å².